The summed E-state index contributed by atoms with van der Waals surface area (Å²) < 4.78 is 1.75. The van der Waals surface area contributed by atoms with E-state index in [4.69, 9.17) is 5.11 Å². The molecule has 0 aliphatic rings. The molecule has 0 saturated heterocycles. The van der Waals surface area contributed by atoms with Crippen LogP contribution < -0.4 is 5.32 Å². The Bertz CT molecular complexity index is 752. The predicted octanol–water partition coefficient (Wildman–Crippen LogP) is 1.77. The maximum atomic E-state index is 9.03. The number of nitrogens with zero attached hydrogens (tertiary/aromatic N) is 4. The molecule has 1 unspecified atom stereocenters. The molecule has 3 aromatic rings. The summed E-state index contributed by atoms with van der Waals surface area (Å²) in [7, 11) is 0. The lowest BCUT2D eigenvalue weighted by Crippen LogP contribution is -2.18. The van der Waals surface area contributed by atoms with Gasteiger partial charge in [0.1, 0.15) is 0 Å². The SMILES string of the molecule is Cc1nnc2c3ccccc3c(NC(C)CCO)nn12. The van der Waals surface area contributed by atoms with Gasteiger partial charge in [0.15, 0.2) is 17.3 Å². The van der Waals surface area contributed by atoms with Crippen LogP contribution in [0.2, 0.25) is 0 Å². The minimum Gasteiger partial charge on any atom is -0.396 e. The fourth-order valence-corrected chi connectivity index (χ4v) is 2.29. The first-order valence-corrected chi connectivity index (χ1v) is 6.69. The number of aliphatic hydroxyl groups is 1. The molecule has 20 heavy (non-hydrogen) atoms. The van der Waals surface area contributed by atoms with E-state index in [2.05, 4.69) is 20.6 Å². The molecular weight excluding hydrogens is 254 g/mol. The highest BCUT2D eigenvalue weighted by Crippen LogP contribution is 2.25. The van der Waals surface area contributed by atoms with Crippen LogP contribution in [0.3, 0.4) is 0 Å². The van der Waals surface area contributed by atoms with Crippen LogP contribution >= 0.6 is 0 Å². The van der Waals surface area contributed by atoms with E-state index >= 15 is 0 Å². The summed E-state index contributed by atoms with van der Waals surface area (Å²) in [6.07, 6.45) is 0.676. The second kappa shape index (κ2) is 5.05. The first kappa shape index (κ1) is 12.8. The summed E-state index contributed by atoms with van der Waals surface area (Å²) in [6, 6.07) is 8.13. The fourth-order valence-electron chi connectivity index (χ4n) is 2.29. The quantitative estimate of drug-likeness (QED) is 0.756. The molecule has 2 heterocycles. The molecule has 0 spiro atoms. The van der Waals surface area contributed by atoms with Gasteiger partial charge in [-0.05, 0) is 20.3 Å². The molecule has 0 radical (unpaired) electrons. The van der Waals surface area contributed by atoms with Gasteiger partial charge < -0.3 is 10.4 Å². The average molecular weight is 271 g/mol. The van der Waals surface area contributed by atoms with E-state index in [1.54, 1.807) is 4.52 Å². The largest absolute Gasteiger partial charge is 0.396 e. The van der Waals surface area contributed by atoms with E-state index in [0.29, 0.717) is 6.42 Å². The Balaban J connectivity index is 2.19. The Morgan fingerprint density at radius 2 is 2.00 bits per heavy atom. The maximum Gasteiger partial charge on any atom is 0.185 e. The van der Waals surface area contributed by atoms with Crippen molar-refractivity contribution in [2.24, 2.45) is 0 Å². The lowest BCUT2D eigenvalue weighted by atomic mass is 10.1. The molecule has 0 fully saturated rings. The second-order valence-electron chi connectivity index (χ2n) is 4.93. The molecule has 2 aromatic heterocycles. The van der Waals surface area contributed by atoms with Crippen molar-refractivity contribution in [3.05, 3.63) is 30.1 Å². The topological polar surface area (TPSA) is 75.3 Å². The summed E-state index contributed by atoms with van der Waals surface area (Å²) in [6.45, 7) is 4.05. The number of aryl methyl sites for hydroxylation is 1. The van der Waals surface area contributed by atoms with Gasteiger partial charge in [0.05, 0.1) is 0 Å². The van der Waals surface area contributed by atoms with Crippen LogP contribution in [0.1, 0.15) is 19.2 Å². The summed E-state index contributed by atoms with van der Waals surface area (Å²) in [5.41, 5.74) is 0.762. The van der Waals surface area contributed by atoms with E-state index in [9.17, 15) is 0 Å². The summed E-state index contributed by atoms with van der Waals surface area (Å²) in [4.78, 5) is 0. The first-order chi connectivity index (χ1) is 9.70. The number of hydrogen-bond acceptors (Lipinski definition) is 5. The third-order valence-electron chi connectivity index (χ3n) is 3.36. The lowest BCUT2D eigenvalue weighted by molar-refractivity contribution is 0.282. The van der Waals surface area contributed by atoms with Crippen molar-refractivity contribution in [1.82, 2.24) is 19.8 Å². The smallest absolute Gasteiger partial charge is 0.185 e. The monoisotopic (exact) mass is 271 g/mol. The van der Waals surface area contributed by atoms with Gasteiger partial charge in [0.25, 0.3) is 0 Å². The number of nitrogens with one attached hydrogen (secondary N) is 1. The van der Waals surface area contributed by atoms with Gasteiger partial charge in [0.2, 0.25) is 0 Å². The Morgan fingerprint density at radius 1 is 1.25 bits per heavy atom. The zero-order valence-electron chi connectivity index (χ0n) is 11.5. The molecule has 6 heteroatoms. The Hall–Kier alpha value is -2.21. The number of rotatable bonds is 4. The van der Waals surface area contributed by atoms with Crippen LogP contribution in [0.5, 0.6) is 0 Å². The first-order valence-electron chi connectivity index (χ1n) is 6.69. The summed E-state index contributed by atoms with van der Waals surface area (Å²) in [5, 5.41) is 27.3. The molecule has 1 aromatic carbocycles. The molecule has 3 rings (SSSR count). The molecule has 104 valence electrons. The van der Waals surface area contributed by atoms with Crippen molar-refractivity contribution in [1.29, 1.82) is 0 Å². The fraction of sp³-hybridized carbons (Fsp3) is 0.357. The number of anilines is 1. The predicted molar refractivity (Wildman–Crippen MR) is 77.8 cm³/mol. The molecule has 0 bridgehead atoms. The Kier molecular flexibility index (Phi) is 3.23. The molecule has 2 N–H and O–H groups in total. The van der Waals surface area contributed by atoms with Crippen LogP contribution in [0.15, 0.2) is 24.3 Å². The highest BCUT2D eigenvalue weighted by molar-refractivity contribution is 5.99. The van der Waals surface area contributed by atoms with Crippen LogP contribution in [0.25, 0.3) is 16.4 Å². The molecule has 6 nitrogen and oxygen atoms in total. The van der Waals surface area contributed by atoms with E-state index in [-0.39, 0.29) is 12.6 Å². The van der Waals surface area contributed by atoms with Gasteiger partial charge in [0, 0.05) is 23.4 Å². The molecule has 0 saturated carbocycles. The molecule has 0 aliphatic heterocycles. The van der Waals surface area contributed by atoms with Crippen molar-refractivity contribution < 1.29 is 5.11 Å². The van der Waals surface area contributed by atoms with Gasteiger partial charge in [-0.25, -0.2) is 0 Å². The van der Waals surface area contributed by atoms with E-state index in [1.807, 2.05) is 38.1 Å². The van der Waals surface area contributed by atoms with Gasteiger partial charge in [-0.2, -0.15) is 4.52 Å². The zero-order valence-corrected chi connectivity index (χ0v) is 11.5. The van der Waals surface area contributed by atoms with E-state index in [0.717, 1.165) is 28.1 Å². The third kappa shape index (κ3) is 2.08. The highest BCUT2D eigenvalue weighted by atomic mass is 16.3. The third-order valence-corrected chi connectivity index (χ3v) is 3.36. The Labute approximate surface area is 116 Å². The van der Waals surface area contributed by atoms with E-state index in [1.165, 1.54) is 0 Å². The molecular formula is C14H17N5O. The highest BCUT2D eigenvalue weighted by Gasteiger charge is 2.13. The summed E-state index contributed by atoms with van der Waals surface area (Å²) in [5.74, 6) is 1.54. The van der Waals surface area contributed by atoms with Crippen molar-refractivity contribution in [2.45, 2.75) is 26.3 Å². The standard InChI is InChI=1S/C14H17N5O/c1-9(7-8-20)15-13-11-5-3-4-6-12(11)14-17-16-10(2)19(14)18-13/h3-6,9,20H,7-8H2,1-2H3,(H,15,18). The van der Waals surface area contributed by atoms with Crippen LogP contribution in [0.4, 0.5) is 5.82 Å². The molecule has 0 amide bonds. The van der Waals surface area contributed by atoms with E-state index < -0.39 is 0 Å². The van der Waals surface area contributed by atoms with Crippen LogP contribution in [-0.4, -0.2) is 37.6 Å². The van der Waals surface area contributed by atoms with Crippen molar-refractivity contribution in [3.63, 3.8) is 0 Å². The summed E-state index contributed by atoms with van der Waals surface area (Å²) >= 11 is 0. The Morgan fingerprint density at radius 3 is 2.75 bits per heavy atom. The number of fused-ring (bicyclic) bond motifs is 3. The minimum atomic E-state index is 0.144. The average Bonchev–Trinajstić information content (AvgIpc) is 2.81. The molecule has 1 atom stereocenters. The van der Waals surface area contributed by atoms with Crippen molar-refractivity contribution >= 4 is 22.2 Å². The number of benzene rings is 1. The lowest BCUT2D eigenvalue weighted by Gasteiger charge is -2.15. The van der Waals surface area contributed by atoms with Crippen LogP contribution in [0, 0.1) is 6.92 Å². The maximum absolute atomic E-state index is 9.03. The van der Waals surface area contributed by atoms with Gasteiger partial charge in [-0.15, -0.1) is 15.3 Å². The number of aliphatic hydroxyl groups excluding tert-OH is 1. The second-order valence-corrected chi connectivity index (χ2v) is 4.93. The molecule has 0 aliphatic carbocycles. The van der Waals surface area contributed by atoms with Gasteiger partial charge in [-0.1, -0.05) is 24.3 Å². The van der Waals surface area contributed by atoms with Gasteiger partial charge >= 0.3 is 0 Å². The van der Waals surface area contributed by atoms with Gasteiger partial charge in [-0.3, -0.25) is 0 Å². The number of hydrogen-bond donors (Lipinski definition) is 2. The zero-order chi connectivity index (χ0) is 14.1. The number of aromatic nitrogens is 4. The normalized spacial score (nSPS) is 12.9. The van der Waals surface area contributed by atoms with Crippen LogP contribution in [-0.2, 0) is 0 Å². The van der Waals surface area contributed by atoms with Crippen molar-refractivity contribution in [2.75, 3.05) is 11.9 Å². The minimum absolute atomic E-state index is 0.144. The van der Waals surface area contributed by atoms with Crippen molar-refractivity contribution in [3.8, 4) is 0 Å².